The Morgan fingerprint density at radius 1 is 1.85 bits per heavy atom. The quantitative estimate of drug-likeness (QED) is 0.243. The Morgan fingerprint density at radius 3 is 2.92 bits per heavy atom. The van der Waals surface area contributed by atoms with Gasteiger partial charge in [-0.25, -0.2) is 0 Å². The first-order chi connectivity index (χ1) is 6.07. The Bertz CT molecular complexity index is 311. The fourth-order valence-electron chi connectivity index (χ4n) is 0.948. The molecule has 0 bridgehead atoms. The minimum absolute atomic E-state index is 0.00242. The largest absolute Gasteiger partial charge is 0.411 e. The summed E-state index contributed by atoms with van der Waals surface area (Å²) < 4.78 is 0. The van der Waals surface area contributed by atoms with Crippen molar-refractivity contribution < 1.29 is 10.1 Å². The van der Waals surface area contributed by atoms with Gasteiger partial charge in [0.15, 0.2) is 0 Å². The first kappa shape index (κ1) is 9.73. The van der Waals surface area contributed by atoms with Crippen molar-refractivity contribution in [1.82, 2.24) is 0 Å². The van der Waals surface area contributed by atoms with E-state index in [-0.39, 0.29) is 12.1 Å². The molecular formula is C7H7ClN2O3. The number of alkyl halides is 1. The third-order valence-corrected chi connectivity index (χ3v) is 2.02. The fourth-order valence-corrected chi connectivity index (χ4v) is 1.13. The first-order valence-electron chi connectivity index (χ1n) is 3.49. The number of nitro groups is 1. The summed E-state index contributed by atoms with van der Waals surface area (Å²) >= 11 is 5.88. The maximum atomic E-state index is 10.3. The van der Waals surface area contributed by atoms with Crippen molar-refractivity contribution in [2.75, 3.05) is 0 Å². The van der Waals surface area contributed by atoms with Crippen LogP contribution in [0.2, 0.25) is 0 Å². The number of allylic oxidation sites excluding steroid dienone is 3. The summed E-state index contributed by atoms with van der Waals surface area (Å²) in [6.45, 7) is 0. The molecule has 0 aromatic heterocycles. The van der Waals surface area contributed by atoms with Gasteiger partial charge >= 0.3 is 0 Å². The molecule has 5 nitrogen and oxygen atoms in total. The molecule has 0 spiro atoms. The van der Waals surface area contributed by atoms with E-state index in [1.54, 1.807) is 0 Å². The Hall–Kier alpha value is -1.36. The lowest BCUT2D eigenvalue weighted by Crippen LogP contribution is -2.22. The number of hydrogen-bond acceptors (Lipinski definition) is 4. The third-order valence-electron chi connectivity index (χ3n) is 1.64. The van der Waals surface area contributed by atoms with Crippen LogP contribution in [-0.2, 0) is 0 Å². The molecule has 0 heterocycles. The van der Waals surface area contributed by atoms with Crippen LogP contribution in [0.15, 0.2) is 29.1 Å². The molecule has 0 aromatic carbocycles. The lowest BCUT2D eigenvalue weighted by molar-refractivity contribution is -0.419. The van der Waals surface area contributed by atoms with Crippen molar-refractivity contribution in [1.29, 1.82) is 0 Å². The highest BCUT2D eigenvalue weighted by Crippen LogP contribution is 2.26. The van der Waals surface area contributed by atoms with Crippen LogP contribution in [-0.4, -0.2) is 21.2 Å². The van der Waals surface area contributed by atoms with E-state index in [0.29, 0.717) is 0 Å². The SMILES string of the molecule is O=[N+]([O-])C1=CCC(Cl)(C=NO)C=C1. The lowest BCUT2D eigenvalue weighted by Gasteiger charge is -2.16. The van der Waals surface area contributed by atoms with Crippen molar-refractivity contribution in [3.63, 3.8) is 0 Å². The summed E-state index contributed by atoms with van der Waals surface area (Å²) in [6, 6.07) is 0. The lowest BCUT2D eigenvalue weighted by atomic mass is 10.00. The van der Waals surface area contributed by atoms with Gasteiger partial charge in [0, 0.05) is 12.5 Å². The first-order valence-corrected chi connectivity index (χ1v) is 3.86. The van der Waals surface area contributed by atoms with E-state index in [9.17, 15) is 10.1 Å². The molecule has 6 heteroatoms. The van der Waals surface area contributed by atoms with Crippen molar-refractivity contribution in [2.24, 2.45) is 5.16 Å². The number of oxime groups is 1. The van der Waals surface area contributed by atoms with Crippen molar-refractivity contribution in [2.45, 2.75) is 11.3 Å². The molecule has 1 aliphatic rings. The second kappa shape index (κ2) is 3.57. The van der Waals surface area contributed by atoms with Gasteiger partial charge in [-0.05, 0) is 6.08 Å². The molecule has 0 saturated carbocycles. The predicted octanol–water partition coefficient (Wildman–Crippen LogP) is 1.54. The molecule has 1 N–H and O–H groups in total. The second-order valence-corrected chi connectivity index (χ2v) is 3.30. The smallest absolute Gasteiger partial charge is 0.265 e. The van der Waals surface area contributed by atoms with Crippen LogP contribution < -0.4 is 0 Å². The monoisotopic (exact) mass is 202 g/mol. The van der Waals surface area contributed by atoms with Crippen LogP contribution in [0.3, 0.4) is 0 Å². The zero-order valence-corrected chi connectivity index (χ0v) is 7.31. The molecule has 0 saturated heterocycles. The molecule has 0 aliphatic heterocycles. The fraction of sp³-hybridized carbons (Fsp3) is 0.286. The van der Waals surface area contributed by atoms with Gasteiger partial charge in [-0.15, -0.1) is 11.6 Å². The molecule has 13 heavy (non-hydrogen) atoms. The normalized spacial score (nSPS) is 27.6. The molecule has 1 aliphatic carbocycles. The van der Waals surface area contributed by atoms with E-state index in [1.165, 1.54) is 18.2 Å². The molecular weight excluding hydrogens is 196 g/mol. The highest BCUT2D eigenvalue weighted by Gasteiger charge is 2.26. The number of rotatable bonds is 2. The summed E-state index contributed by atoms with van der Waals surface area (Å²) in [4.78, 5) is 8.85. The van der Waals surface area contributed by atoms with E-state index in [0.717, 1.165) is 6.21 Å². The maximum absolute atomic E-state index is 10.3. The number of halogens is 1. The summed E-state index contributed by atoms with van der Waals surface area (Å²) in [5.74, 6) is 0. The van der Waals surface area contributed by atoms with Gasteiger partial charge in [-0.2, -0.15) is 0 Å². The van der Waals surface area contributed by atoms with Crippen LogP contribution in [0.4, 0.5) is 0 Å². The van der Waals surface area contributed by atoms with Crippen molar-refractivity contribution in [3.8, 4) is 0 Å². The Kier molecular flexibility index (Phi) is 2.67. The average molecular weight is 203 g/mol. The molecule has 0 aromatic rings. The molecule has 1 atom stereocenters. The highest BCUT2D eigenvalue weighted by molar-refractivity contribution is 6.33. The van der Waals surface area contributed by atoms with Crippen LogP contribution in [0.5, 0.6) is 0 Å². The standard InChI is InChI=1S/C7H7ClN2O3/c8-7(5-9-11)3-1-6(2-4-7)10(12)13/h1-3,5,11H,4H2. The van der Waals surface area contributed by atoms with E-state index in [1.807, 2.05) is 0 Å². The summed E-state index contributed by atoms with van der Waals surface area (Å²) in [7, 11) is 0. The van der Waals surface area contributed by atoms with E-state index in [2.05, 4.69) is 5.16 Å². The maximum Gasteiger partial charge on any atom is 0.265 e. The minimum Gasteiger partial charge on any atom is -0.411 e. The van der Waals surface area contributed by atoms with Crippen LogP contribution in [0.25, 0.3) is 0 Å². The van der Waals surface area contributed by atoms with Crippen molar-refractivity contribution in [3.05, 3.63) is 34.0 Å². The van der Waals surface area contributed by atoms with E-state index >= 15 is 0 Å². The molecule has 0 radical (unpaired) electrons. The van der Waals surface area contributed by atoms with Crippen LogP contribution >= 0.6 is 11.6 Å². The van der Waals surface area contributed by atoms with E-state index < -0.39 is 9.80 Å². The third kappa shape index (κ3) is 2.29. The topological polar surface area (TPSA) is 75.7 Å². The molecule has 1 rings (SSSR count). The Labute approximate surface area is 79.1 Å². The van der Waals surface area contributed by atoms with Crippen LogP contribution in [0, 0.1) is 10.1 Å². The molecule has 0 fully saturated rings. The summed E-state index contributed by atoms with van der Waals surface area (Å²) in [5, 5.41) is 21.3. The molecule has 1 unspecified atom stereocenters. The average Bonchev–Trinajstić information content (AvgIpc) is 2.05. The Balaban J connectivity index is 2.78. The Morgan fingerprint density at radius 2 is 2.54 bits per heavy atom. The molecule has 0 amide bonds. The summed E-state index contributed by atoms with van der Waals surface area (Å²) in [6.07, 6.45) is 5.46. The van der Waals surface area contributed by atoms with Gasteiger partial charge in [0.25, 0.3) is 5.70 Å². The highest BCUT2D eigenvalue weighted by atomic mass is 35.5. The predicted molar refractivity (Wildman–Crippen MR) is 47.7 cm³/mol. The van der Waals surface area contributed by atoms with Gasteiger partial charge in [-0.3, -0.25) is 10.1 Å². The number of nitrogens with zero attached hydrogens (tertiary/aromatic N) is 2. The number of hydrogen-bond donors (Lipinski definition) is 1. The zero-order chi connectivity index (χ0) is 9.90. The minimum atomic E-state index is -0.936. The van der Waals surface area contributed by atoms with Gasteiger partial charge in [0.2, 0.25) is 0 Å². The van der Waals surface area contributed by atoms with E-state index in [4.69, 9.17) is 16.8 Å². The van der Waals surface area contributed by atoms with Gasteiger partial charge in [-0.1, -0.05) is 11.2 Å². The zero-order valence-electron chi connectivity index (χ0n) is 6.55. The molecule has 70 valence electrons. The van der Waals surface area contributed by atoms with Gasteiger partial charge < -0.3 is 5.21 Å². The van der Waals surface area contributed by atoms with Gasteiger partial charge in [0.05, 0.1) is 11.1 Å². The van der Waals surface area contributed by atoms with Crippen molar-refractivity contribution >= 4 is 17.8 Å². The van der Waals surface area contributed by atoms with Crippen LogP contribution in [0.1, 0.15) is 6.42 Å². The van der Waals surface area contributed by atoms with Gasteiger partial charge in [0.1, 0.15) is 4.87 Å². The second-order valence-electron chi connectivity index (χ2n) is 2.59. The summed E-state index contributed by atoms with van der Waals surface area (Å²) in [5.41, 5.74) is 0.00242.